The zero-order chi connectivity index (χ0) is 28.9. The highest BCUT2D eigenvalue weighted by Gasteiger charge is 2.60. The van der Waals surface area contributed by atoms with Gasteiger partial charge in [0.2, 0.25) is 11.8 Å². The number of rotatable bonds is 7. The van der Waals surface area contributed by atoms with E-state index in [9.17, 15) is 19.2 Å². The number of nitrogens with zero attached hydrogens (tertiary/aromatic N) is 1. The first kappa shape index (κ1) is 27.2. The number of carbonyl (C=O) groups excluding carboxylic acids is 4. The van der Waals surface area contributed by atoms with Crippen molar-refractivity contribution < 1.29 is 37.4 Å². The van der Waals surface area contributed by atoms with Crippen molar-refractivity contribution in [2.24, 2.45) is 11.8 Å². The summed E-state index contributed by atoms with van der Waals surface area (Å²) in [5, 5.41) is 6.25. The molecule has 0 radical (unpaired) electrons. The lowest BCUT2D eigenvalue weighted by Gasteiger charge is -2.53. The second kappa shape index (κ2) is 10.5. The number of hydrogen-bond acceptors (Lipinski definition) is 6. The highest BCUT2D eigenvalue weighted by atomic mass is 19.3. The summed E-state index contributed by atoms with van der Waals surface area (Å²) in [7, 11) is 1.52. The fourth-order valence-corrected chi connectivity index (χ4v) is 6.81. The maximum Gasteiger partial charge on any atom is 0.333 e. The molecular formula is C29H32F2N4O6. The van der Waals surface area contributed by atoms with Crippen molar-refractivity contribution in [3.8, 4) is 5.75 Å². The van der Waals surface area contributed by atoms with Gasteiger partial charge in [0.05, 0.1) is 19.6 Å². The molecule has 3 amide bonds. The summed E-state index contributed by atoms with van der Waals surface area (Å²) in [5.41, 5.74) is 1.18. The van der Waals surface area contributed by atoms with Gasteiger partial charge in [0.25, 0.3) is 11.8 Å². The van der Waals surface area contributed by atoms with E-state index < -0.39 is 60.1 Å². The molecule has 0 unspecified atom stereocenters. The van der Waals surface area contributed by atoms with E-state index in [2.05, 4.69) is 15.6 Å². The number of methoxy groups -OCH3 is 1. The summed E-state index contributed by atoms with van der Waals surface area (Å²) >= 11 is 0. The quantitative estimate of drug-likeness (QED) is 0.347. The van der Waals surface area contributed by atoms with Crippen molar-refractivity contribution in [1.82, 2.24) is 20.5 Å². The number of aromatic amines is 1. The van der Waals surface area contributed by atoms with E-state index in [4.69, 9.17) is 9.47 Å². The van der Waals surface area contributed by atoms with Crippen molar-refractivity contribution in [3.05, 3.63) is 41.6 Å². The average Bonchev–Trinajstić information content (AvgIpc) is 3.67. The van der Waals surface area contributed by atoms with Crippen LogP contribution in [-0.4, -0.2) is 77.9 Å². The molecule has 10 nitrogen and oxygen atoms in total. The summed E-state index contributed by atoms with van der Waals surface area (Å²) in [4.78, 5) is 56.6. The number of cyclic esters (lactones) is 1. The number of piperidine rings is 2. The van der Waals surface area contributed by atoms with Gasteiger partial charge in [-0.3, -0.25) is 14.4 Å². The van der Waals surface area contributed by atoms with Crippen LogP contribution in [0.2, 0.25) is 0 Å². The van der Waals surface area contributed by atoms with Gasteiger partial charge in [-0.25, -0.2) is 13.6 Å². The largest absolute Gasteiger partial charge is 0.496 e. The monoisotopic (exact) mass is 570 g/mol. The second-order valence-electron chi connectivity index (χ2n) is 11.3. The highest BCUT2D eigenvalue weighted by Crippen LogP contribution is 2.49. The molecule has 2 bridgehead atoms. The Kier molecular flexibility index (Phi) is 6.95. The average molecular weight is 571 g/mol. The molecule has 218 valence electrons. The van der Waals surface area contributed by atoms with Crippen molar-refractivity contribution >= 4 is 34.6 Å². The van der Waals surface area contributed by atoms with Crippen LogP contribution in [0.4, 0.5) is 8.78 Å². The van der Waals surface area contributed by atoms with E-state index >= 15 is 8.78 Å². The van der Waals surface area contributed by atoms with Gasteiger partial charge in [0.1, 0.15) is 17.5 Å². The lowest BCUT2D eigenvalue weighted by Crippen LogP contribution is -2.68. The maximum absolute atomic E-state index is 15.2. The van der Waals surface area contributed by atoms with Gasteiger partial charge in [0.15, 0.2) is 0 Å². The zero-order valence-corrected chi connectivity index (χ0v) is 22.6. The third-order valence-electron chi connectivity index (χ3n) is 8.81. The predicted octanol–water partition coefficient (Wildman–Crippen LogP) is 2.69. The van der Waals surface area contributed by atoms with Gasteiger partial charge >= 0.3 is 5.97 Å². The topological polar surface area (TPSA) is 130 Å². The van der Waals surface area contributed by atoms with Crippen LogP contribution in [0, 0.1) is 11.8 Å². The Balaban J connectivity index is 1.32. The van der Waals surface area contributed by atoms with E-state index in [1.54, 1.807) is 30.3 Å². The number of fused-ring (bicyclic) bond motifs is 4. The highest BCUT2D eigenvalue weighted by molar-refractivity contribution is 6.02. The first-order valence-electron chi connectivity index (χ1n) is 14.0. The number of benzene rings is 1. The Morgan fingerprint density at radius 2 is 2.10 bits per heavy atom. The molecule has 4 saturated heterocycles. The van der Waals surface area contributed by atoms with Crippen LogP contribution in [0.5, 0.6) is 5.75 Å². The minimum atomic E-state index is -3.13. The van der Waals surface area contributed by atoms with E-state index in [1.807, 2.05) is 0 Å². The molecule has 1 aromatic heterocycles. The Bertz CT molecular complexity index is 1440. The molecule has 7 rings (SSSR count). The number of H-pyrrole nitrogens is 1. The number of hydrogen-bond donors (Lipinski definition) is 3. The molecule has 5 fully saturated rings. The number of alkyl halides is 2. The summed E-state index contributed by atoms with van der Waals surface area (Å²) in [6, 6.07) is 3.89. The molecule has 1 saturated carbocycles. The smallest absolute Gasteiger partial charge is 0.333 e. The number of nitrogens with one attached hydrogen (secondary N) is 3. The van der Waals surface area contributed by atoms with Gasteiger partial charge in [-0.15, -0.1) is 0 Å². The van der Waals surface area contributed by atoms with Gasteiger partial charge in [0, 0.05) is 53.9 Å². The Morgan fingerprint density at radius 3 is 2.78 bits per heavy atom. The Hall–Kier alpha value is -3.96. The third kappa shape index (κ3) is 4.93. The Morgan fingerprint density at radius 1 is 1.27 bits per heavy atom. The fourth-order valence-electron chi connectivity index (χ4n) is 6.81. The summed E-state index contributed by atoms with van der Waals surface area (Å²) in [6.07, 6.45) is 2.61. The van der Waals surface area contributed by atoms with Crippen LogP contribution in [0.15, 0.2) is 35.9 Å². The van der Waals surface area contributed by atoms with Crippen LogP contribution >= 0.6 is 0 Å². The molecule has 1 aromatic carbocycles. The lowest BCUT2D eigenvalue weighted by molar-refractivity contribution is -0.179. The van der Waals surface area contributed by atoms with Crippen LogP contribution in [0.3, 0.4) is 0 Å². The maximum atomic E-state index is 15.2. The molecule has 0 spiro atoms. The predicted molar refractivity (Wildman–Crippen MR) is 142 cm³/mol. The minimum absolute atomic E-state index is 0.100. The molecule has 5 aliphatic rings. The molecule has 12 heteroatoms. The number of halogens is 2. The van der Waals surface area contributed by atoms with Crippen LogP contribution in [0.1, 0.15) is 49.0 Å². The van der Waals surface area contributed by atoms with Crippen molar-refractivity contribution in [3.63, 3.8) is 0 Å². The van der Waals surface area contributed by atoms with E-state index in [0.29, 0.717) is 48.0 Å². The second-order valence-corrected chi connectivity index (χ2v) is 11.3. The molecule has 3 N–H and O–H groups in total. The number of esters is 1. The van der Waals surface area contributed by atoms with Crippen LogP contribution in [-0.2, 0) is 19.1 Å². The zero-order valence-electron chi connectivity index (χ0n) is 22.6. The standard InChI is InChI=1S/C29H32F2N4O6/c1-40-23-4-2-3-21-19(23)13-22(34-21)27(38)35-18-5-6-20(29(30,31)14-18)24(35)26(37)33-17(11-15-7-9-32-25(15)36)12-16-8-10-41-28(16)39/h2-4,12-13,15,17-18,20,24,34H,5-11,14H2,1H3,(H,32,36)(H,33,37)/b16-12-/t15-,17+,18+,20+,24+/m0/s1. The molecule has 5 heterocycles. The molecule has 5 atom stereocenters. The minimum Gasteiger partial charge on any atom is -0.496 e. The molecule has 2 aromatic rings. The van der Waals surface area contributed by atoms with Crippen LogP contribution < -0.4 is 15.4 Å². The summed E-state index contributed by atoms with van der Waals surface area (Å²) in [6.45, 7) is 0.713. The van der Waals surface area contributed by atoms with E-state index in [-0.39, 0.29) is 31.0 Å². The number of amides is 3. The van der Waals surface area contributed by atoms with Gasteiger partial charge in [-0.2, -0.15) is 0 Å². The molecular weight excluding hydrogens is 538 g/mol. The fraction of sp³-hybridized carbons (Fsp3) is 0.517. The van der Waals surface area contributed by atoms with Gasteiger partial charge in [-0.1, -0.05) is 12.1 Å². The first-order valence-corrected chi connectivity index (χ1v) is 14.0. The van der Waals surface area contributed by atoms with Gasteiger partial charge < -0.3 is 30.0 Å². The van der Waals surface area contributed by atoms with E-state index in [1.165, 1.54) is 12.0 Å². The van der Waals surface area contributed by atoms with Crippen molar-refractivity contribution in [1.29, 1.82) is 0 Å². The Labute approximate surface area is 234 Å². The SMILES string of the molecule is COc1cccc2[nH]c(C(=O)N3[C@@H]4CC[C@H]([C@@H]3C(=O)N[C@@H](/C=C3/CCOC3=O)C[C@@H]3CCNC3=O)C(F)(F)C4)cc12. The number of aromatic nitrogens is 1. The normalized spacial score (nSPS) is 28.6. The third-order valence-corrected chi connectivity index (χ3v) is 8.81. The van der Waals surface area contributed by atoms with Crippen molar-refractivity contribution in [2.45, 2.75) is 62.6 Å². The summed E-state index contributed by atoms with van der Waals surface area (Å²) < 4.78 is 40.9. The number of ether oxygens (including phenoxy) is 2. The number of carbonyl (C=O) groups is 4. The van der Waals surface area contributed by atoms with Crippen LogP contribution in [0.25, 0.3) is 10.9 Å². The summed E-state index contributed by atoms with van der Waals surface area (Å²) in [5.74, 6) is -6.28. The van der Waals surface area contributed by atoms with Crippen molar-refractivity contribution in [2.75, 3.05) is 20.3 Å². The molecule has 4 aliphatic heterocycles. The first-order chi connectivity index (χ1) is 19.7. The molecule has 1 aliphatic carbocycles. The molecule has 41 heavy (non-hydrogen) atoms. The van der Waals surface area contributed by atoms with Gasteiger partial charge in [-0.05, 0) is 43.9 Å². The van der Waals surface area contributed by atoms with E-state index in [0.717, 1.165) is 0 Å². The lowest BCUT2D eigenvalue weighted by atomic mass is 9.71.